The molecule has 2 aromatic rings. The number of amides is 1. The lowest BCUT2D eigenvalue weighted by Crippen LogP contribution is -2.10. The maximum absolute atomic E-state index is 13.1. The highest BCUT2D eigenvalue weighted by Gasteiger charge is 2.08. The number of halogens is 1. The van der Waals surface area contributed by atoms with Crippen LogP contribution in [0.3, 0.4) is 0 Å². The van der Waals surface area contributed by atoms with Crippen LogP contribution in [0.15, 0.2) is 54.6 Å². The first-order valence-electron chi connectivity index (χ1n) is 7.60. The second-order valence-corrected chi connectivity index (χ2v) is 5.09. The highest BCUT2D eigenvalue weighted by molar-refractivity contribution is 6.02. The molecule has 2 rings (SSSR count). The number of esters is 1. The molecule has 1 amide bonds. The molecule has 0 unspecified atom stereocenters. The smallest absolute Gasteiger partial charge is 0.338 e. The van der Waals surface area contributed by atoms with Gasteiger partial charge in [-0.15, -0.1) is 0 Å². The maximum Gasteiger partial charge on any atom is 0.338 e. The molecule has 124 valence electrons. The summed E-state index contributed by atoms with van der Waals surface area (Å²) in [6, 6.07) is 12.4. The molecule has 0 aliphatic carbocycles. The molecule has 0 bridgehead atoms. The topological polar surface area (TPSA) is 55.4 Å². The fourth-order valence-corrected chi connectivity index (χ4v) is 1.97. The van der Waals surface area contributed by atoms with E-state index in [4.69, 9.17) is 4.74 Å². The van der Waals surface area contributed by atoms with Crippen LogP contribution >= 0.6 is 0 Å². The van der Waals surface area contributed by atoms with Gasteiger partial charge in [-0.1, -0.05) is 25.1 Å². The summed E-state index contributed by atoms with van der Waals surface area (Å²) in [5, 5.41) is 2.65. The van der Waals surface area contributed by atoms with E-state index in [1.165, 1.54) is 24.3 Å². The molecule has 0 saturated heterocycles. The van der Waals surface area contributed by atoms with Gasteiger partial charge in [0.15, 0.2) is 0 Å². The van der Waals surface area contributed by atoms with Gasteiger partial charge in [0.2, 0.25) is 5.91 Å². The fraction of sp³-hybridized carbons (Fsp3) is 0.158. The Morgan fingerprint density at radius 2 is 1.96 bits per heavy atom. The van der Waals surface area contributed by atoms with Crippen molar-refractivity contribution >= 4 is 23.6 Å². The SMILES string of the molecule is CCCOC(=O)c1cccc(NC(=O)/C=C/c2cccc(F)c2)c1. The highest BCUT2D eigenvalue weighted by atomic mass is 19.1. The van der Waals surface area contributed by atoms with Gasteiger partial charge in [-0.25, -0.2) is 9.18 Å². The van der Waals surface area contributed by atoms with Gasteiger partial charge in [0.05, 0.1) is 12.2 Å². The molecule has 1 N–H and O–H groups in total. The monoisotopic (exact) mass is 327 g/mol. The summed E-state index contributed by atoms with van der Waals surface area (Å²) in [6.07, 6.45) is 3.56. The average Bonchev–Trinajstić information content (AvgIpc) is 2.58. The fourth-order valence-electron chi connectivity index (χ4n) is 1.97. The maximum atomic E-state index is 13.1. The molecule has 5 heteroatoms. The summed E-state index contributed by atoms with van der Waals surface area (Å²) in [5.74, 6) is -1.17. The van der Waals surface area contributed by atoms with Crippen molar-refractivity contribution < 1.29 is 18.7 Å². The Hall–Kier alpha value is -2.95. The number of nitrogens with one attached hydrogen (secondary N) is 1. The molecule has 2 aromatic carbocycles. The van der Waals surface area contributed by atoms with Gasteiger partial charge in [-0.3, -0.25) is 4.79 Å². The lowest BCUT2D eigenvalue weighted by Gasteiger charge is -2.06. The van der Waals surface area contributed by atoms with Crippen molar-refractivity contribution in [1.29, 1.82) is 0 Å². The summed E-state index contributed by atoms with van der Waals surface area (Å²) in [5.41, 5.74) is 1.44. The van der Waals surface area contributed by atoms with Gasteiger partial charge in [0, 0.05) is 11.8 Å². The van der Waals surface area contributed by atoms with E-state index in [9.17, 15) is 14.0 Å². The summed E-state index contributed by atoms with van der Waals surface area (Å²) < 4.78 is 18.1. The molecular weight excluding hydrogens is 309 g/mol. The molecule has 0 atom stereocenters. The first-order chi connectivity index (χ1) is 11.6. The van der Waals surface area contributed by atoms with Crippen LogP contribution in [-0.2, 0) is 9.53 Å². The standard InChI is InChI=1S/C19H18FNO3/c1-2-11-24-19(23)15-6-4-8-17(13-15)21-18(22)10-9-14-5-3-7-16(20)12-14/h3-10,12-13H,2,11H2,1H3,(H,21,22)/b10-9+. The van der Waals surface area contributed by atoms with Crippen molar-refractivity contribution in [3.05, 3.63) is 71.6 Å². The Bertz CT molecular complexity index is 756. The minimum absolute atomic E-state index is 0.353. The van der Waals surface area contributed by atoms with Crippen molar-refractivity contribution in [3.8, 4) is 0 Å². The van der Waals surface area contributed by atoms with Gasteiger partial charge in [-0.2, -0.15) is 0 Å². The Labute approximate surface area is 140 Å². The Kier molecular flexibility index (Phi) is 6.25. The van der Waals surface area contributed by atoms with Crippen LogP contribution in [0.5, 0.6) is 0 Å². The molecule has 0 aromatic heterocycles. The lowest BCUT2D eigenvalue weighted by molar-refractivity contribution is -0.111. The van der Waals surface area contributed by atoms with Crippen LogP contribution in [0.2, 0.25) is 0 Å². The largest absolute Gasteiger partial charge is 0.462 e. The summed E-state index contributed by atoms with van der Waals surface area (Å²) in [7, 11) is 0. The van der Waals surface area contributed by atoms with Gasteiger partial charge in [-0.05, 0) is 48.4 Å². The summed E-state index contributed by atoms with van der Waals surface area (Å²) in [4.78, 5) is 23.7. The predicted molar refractivity (Wildman–Crippen MR) is 91.1 cm³/mol. The molecule has 0 spiro atoms. The highest BCUT2D eigenvalue weighted by Crippen LogP contribution is 2.12. The van der Waals surface area contributed by atoms with Crippen LogP contribution in [0.25, 0.3) is 6.08 Å². The quantitative estimate of drug-likeness (QED) is 0.643. The van der Waals surface area contributed by atoms with Gasteiger partial charge >= 0.3 is 5.97 Å². The number of carbonyl (C=O) groups excluding carboxylic acids is 2. The number of benzene rings is 2. The minimum Gasteiger partial charge on any atom is -0.462 e. The molecule has 24 heavy (non-hydrogen) atoms. The van der Waals surface area contributed by atoms with Gasteiger partial charge in [0.1, 0.15) is 5.82 Å². The first-order valence-corrected chi connectivity index (χ1v) is 7.60. The average molecular weight is 327 g/mol. The van der Waals surface area contributed by atoms with Crippen molar-refractivity contribution in [2.75, 3.05) is 11.9 Å². The van der Waals surface area contributed by atoms with E-state index in [1.807, 2.05) is 6.92 Å². The van der Waals surface area contributed by atoms with Crippen molar-refractivity contribution in [3.63, 3.8) is 0 Å². The summed E-state index contributed by atoms with van der Waals surface area (Å²) >= 11 is 0. The van der Waals surface area contributed by atoms with Crippen molar-refractivity contribution in [2.24, 2.45) is 0 Å². The van der Waals surface area contributed by atoms with E-state index in [0.717, 1.165) is 6.42 Å². The normalized spacial score (nSPS) is 10.6. The molecule has 4 nitrogen and oxygen atoms in total. The number of carbonyl (C=O) groups is 2. The Morgan fingerprint density at radius 1 is 1.17 bits per heavy atom. The van der Waals surface area contributed by atoms with E-state index in [2.05, 4.69) is 5.32 Å². The van der Waals surface area contributed by atoms with Crippen LogP contribution in [0.4, 0.5) is 10.1 Å². The van der Waals surface area contributed by atoms with Crippen LogP contribution < -0.4 is 5.32 Å². The number of rotatable bonds is 6. The zero-order chi connectivity index (χ0) is 17.4. The van der Waals surface area contributed by atoms with Crippen LogP contribution in [0.1, 0.15) is 29.3 Å². The number of ether oxygens (including phenoxy) is 1. The van der Waals surface area contributed by atoms with E-state index >= 15 is 0 Å². The molecule has 0 aliphatic rings. The first kappa shape index (κ1) is 17.4. The van der Waals surface area contributed by atoms with Gasteiger partial charge < -0.3 is 10.1 Å². The second kappa shape index (κ2) is 8.62. The van der Waals surface area contributed by atoms with Gasteiger partial charge in [0.25, 0.3) is 0 Å². The number of anilines is 1. The van der Waals surface area contributed by atoms with E-state index in [0.29, 0.717) is 23.4 Å². The molecule has 0 heterocycles. The molecule has 0 saturated carbocycles. The third kappa shape index (κ3) is 5.35. The second-order valence-electron chi connectivity index (χ2n) is 5.09. The predicted octanol–water partition coefficient (Wildman–Crippen LogP) is 4.04. The van der Waals surface area contributed by atoms with Crippen LogP contribution in [0, 0.1) is 5.82 Å². The number of hydrogen-bond donors (Lipinski definition) is 1. The third-order valence-electron chi connectivity index (χ3n) is 3.08. The van der Waals surface area contributed by atoms with E-state index in [1.54, 1.807) is 36.4 Å². The molecular formula is C19H18FNO3. The van der Waals surface area contributed by atoms with E-state index < -0.39 is 5.97 Å². The van der Waals surface area contributed by atoms with Crippen molar-refractivity contribution in [1.82, 2.24) is 0 Å². The lowest BCUT2D eigenvalue weighted by atomic mass is 10.2. The Balaban J connectivity index is 2.00. The zero-order valence-corrected chi connectivity index (χ0v) is 13.3. The van der Waals surface area contributed by atoms with Crippen molar-refractivity contribution in [2.45, 2.75) is 13.3 Å². The Morgan fingerprint density at radius 3 is 2.71 bits per heavy atom. The third-order valence-corrected chi connectivity index (χ3v) is 3.08. The molecule has 0 aliphatic heterocycles. The molecule has 0 fully saturated rings. The van der Waals surface area contributed by atoms with E-state index in [-0.39, 0.29) is 11.7 Å². The summed E-state index contributed by atoms with van der Waals surface area (Å²) in [6.45, 7) is 2.26. The number of hydrogen-bond acceptors (Lipinski definition) is 3. The molecule has 0 radical (unpaired) electrons. The minimum atomic E-state index is -0.428. The zero-order valence-electron chi connectivity index (χ0n) is 13.3. The van der Waals surface area contributed by atoms with Crippen LogP contribution in [-0.4, -0.2) is 18.5 Å².